The SMILES string of the molecule is Cc1nc(C(C)CC2(CF)CC2)cc(=O)[nH]1. The van der Waals surface area contributed by atoms with Gasteiger partial charge in [-0.1, -0.05) is 6.92 Å². The fraction of sp³-hybridized carbons (Fsp3) is 0.667. The molecule has 0 aliphatic heterocycles. The molecule has 1 saturated carbocycles. The highest BCUT2D eigenvalue weighted by Crippen LogP contribution is 2.52. The van der Waals surface area contributed by atoms with E-state index in [1.54, 1.807) is 6.92 Å². The Morgan fingerprint density at radius 3 is 2.81 bits per heavy atom. The predicted octanol–water partition coefficient (Wildman–Crippen LogP) is 2.32. The van der Waals surface area contributed by atoms with E-state index in [9.17, 15) is 9.18 Å². The number of nitrogens with one attached hydrogen (secondary N) is 1. The number of alkyl halides is 1. The van der Waals surface area contributed by atoms with Crippen molar-refractivity contribution in [2.45, 2.75) is 39.0 Å². The van der Waals surface area contributed by atoms with Crippen LogP contribution in [-0.2, 0) is 0 Å². The number of halogens is 1. The molecule has 0 saturated heterocycles. The lowest BCUT2D eigenvalue weighted by atomic mass is 9.92. The van der Waals surface area contributed by atoms with Crippen LogP contribution in [0.1, 0.15) is 43.6 Å². The van der Waals surface area contributed by atoms with E-state index >= 15 is 0 Å². The number of aromatic amines is 1. The highest BCUT2D eigenvalue weighted by molar-refractivity contribution is 5.10. The molecular weight excluding hydrogens is 207 g/mol. The first-order chi connectivity index (χ1) is 7.54. The molecule has 1 heterocycles. The molecule has 3 nitrogen and oxygen atoms in total. The largest absolute Gasteiger partial charge is 0.311 e. The molecule has 2 rings (SSSR count). The summed E-state index contributed by atoms with van der Waals surface area (Å²) in [6.07, 6.45) is 2.73. The highest BCUT2D eigenvalue weighted by atomic mass is 19.1. The predicted molar refractivity (Wildman–Crippen MR) is 60.3 cm³/mol. The summed E-state index contributed by atoms with van der Waals surface area (Å²) in [5.74, 6) is 0.777. The third-order valence-electron chi connectivity index (χ3n) is 3.36. The van der Waals surface area contributed by atoms with Gasteiger partial charge in [0, 0.05) is 6.07 Å². The molecule has 0 amide bonds. The van der Waals surface area contributed by atoms with Crippen LogP contribution in [0, 0.1) is 12.3 Å². The van der Waals surface area contributed by atoms with Gasteiger partial charge in [-0.3, -0.25) is 9.18 Å². The lowest BCUT2D eigenvalue weighted by Crippen LogP contribution is -2.15. The van der Waals surface area contributed by atoms with Crippen LogP contribution >= 0.6 is 0 Å². The molecule has 16 heavy (non-hydrogen) atoms. The van der Waals surface area contributed by atoms with Gasteiger partial charge in [0.1, 0.15) is 5.82 Å². The van der Waals surface area contributed by atoms with Crippen molar-refractivity contribution in [3.63, 3.8) is 0 Å². The van der Waals surface area contributed by atoms with Gasteiger partial charge in [0.05, 0.1) is 12.4 Å². The van der Waals surface area contributed by atoms with E-state index in [0.717, 1.165) is 25.0 Å². The minimum atomic E-state index is -0.250. The molecule has 1 unspecified atom stereocenters. The van der Waals surface area contributed by atoms with Crippen LogP contribution in [0.25, 0.3) is 0 Å². The van der Waals surface area contributed by atoms with Crippen LogP contribution in [0.3, 0.4) is 0 Å². The molecule has 0 spiro atoms. The Morgan fingerprint density at radius 2 is 2.31 bits per heavy atom. The first kappa shape index (κ1) is 11.3. The third-order valence-corrected chi connectivity index (χ3v) is 3.36. The van der Waals surface area contributed by atoms with Crippen LogP contribution in [0.2, 0.25) is 0 Å². The number of hydrogen-bond donors (Lipinski definition) is 1. The van der Waals surface area contributed by atoms with E-state index in [4.69, 9.17) is 0 Å². The number of hydrogen-bond acceptors (Lipinski definition) is 2. The second kappa shape index (κ2) is 4.00. The summed E-state index contributed by atoms with van der Waals surface area (Å²) in [6.45, 7) is 3.52. The molecule has 1 N–H and O–H groups in total. The van der Waals surface area contributed by atoms with Gasteiger partial charge in [0.15, 0.2) is 0 Å². The van der Waals surface area contributed by atoms with E-state index in [-0.39, 0.29) is 23.6 Å². The Kier molecular flexibility index (Phi) is 2.82. The molecule has 88 valence electrons. The van der Waals surface area contributed by atoms with E-state index in [1.165, 1.54) is 6.07 Å². The summed E-state index contributed by atoms with van der Waals surface area (Å²) in [7, 11) is 0. The molecule has 0 aromatic carbocycles. The van der Waals surface area contributed by atoms with E-state index in [2.05, 4.69) is 9.97 Å². The maximum absolute atomic E-state index is 12.8. The molecule has 1 fully saturated rings. The standard InChI is InChI=1S/C12H17FN2O/c1-8(6-12(7-13)3-4-12)10-5-11(16)15-9(2)14-10/h5,8H,3-4,6-7H2,1-2H3,(H,14,15,16). The molecule has 0 radical (unpaired) electrons. The fourth-order valence-electron chi connectivity index (χ4n) is 2.18. The fourth-order valence-corrected chi connectivity index (χ4v) is 2.18. The van der Waals surface area contributed by atoms with Gasteiger partial charge < -0.3 is 4.98 Å². The quantitative estimate of drug-likeness (QED) is 0.853. The summed E-state index contributed by atoms with van der Waals surface area (Å²) in [5.41, 5.74) is 0.540. The second-order valence-electron chi connectivity index (χ2n) is 4.99. The minimum absolute atomic E-state index is 0.113. The zero-order valence-corrected chi connectivity index (χ0v) is 9.72. The van der Waals surface area contributed by atoms with E-state index < -0.39 is 0 Å². The van der Waals surface area contributed by atoms with Gasteiger partial charge in [-0.05, 0) is 37.5 Å². The molecule has 1 atom stereocenters. The Bertz CT molecular complexity index is 437. The molecule has 0 bridgehead atoms. The van der Waals surface area contributed by atoms with Crippen molar-refractivity contribution in [1.29, 1.82) is 0 Å². The van der Waals surface area contributed by atoms with E-state index in [1.807, 2.05) is 6.92 Å². The van der Waals surface area contributed by atoms with Crippen molar-refractivity contribution < 1.29 is 4.39 Å². The van der Waals surface area contributed by atoms with Crippen LogP contribution in [0.4, 0.5) is 4.39 Å². The van der Waals surface area contributed by atoms with Crippen LogP contribution < -0.4 is 5.56 Å². The van der Waals surface area contributed by atoms with Crippen molar-refractivity contribution in [2.75, 3.05) is 6.67 Å². The summed E-state index contributed by atoms with van der Waals surface area (Å²) in [4.78, 5) is 18.2. The van der Waals surface area contributed by atoms with Gasteiger partial charge in [0.25, 0.3) is 5.56 Å². The molecular formula is C12H17FN2O. The number of aryl methyl sites for hydroxylation is 1. The molecule has 1 aliphatic rings. The van der Waals surface area contributed by atoms with Crippen molar-refractivity contribution in [3.05, 3.63) is 27.9 Å². The van der Waals surface area contributed by atoms with Crippen molar-refractivity contribution >= 4 is 0 Å². The Hall–Kier alpha value is -1.19. The van der Waals surface area contributed by atoms with Crippen molar-refractivity contribution in [1.82, 2.24) is 9.97 Å². The van der Waals surface area contributed by atoms with Gasteiger partial charge in [0.2, 0.25) is 0 Å². The first-order valence-electron chi connectivity index (χ1n) is 5.68. The van der Waals surface area contributed by atoms with Gasteiger partial charge in [-0.25, -0.2) is 4.98 Å². The number of rotatable bonds is 4. The van der Waals surface area contributed by atoms with Crippen molar-refractivity contribution in [2.24, 2.45) is 5.41 Å². The van der Waals surface area contributed by atoms with Crippen molar-refractivity contribution in [3.8, 4) is 0 Å². The molecule has 1 aromatic rings. The number of aromatic nitrogens is 2. The maximum atomic E-state index is 12.8. The summed E-state index contributed by atoms with van der Waals surface area (Å²) < 4.78 is 12.8. The summed E-state index contributed by atoms with van der Waals surface area (Å²) in [6, 6.07) is 1.52. The van der Waals surface area contributed by atoms with Crippen LogP contribution in [0.5, 0.6) is 0 Å². The van der Waals surface area contributed by atoms with E-state index in [0.29, 0.717) is 5.82 Å². The van der Waals surface area contributed by atoms with Gasteiger partial charge >= 0.3 is 0 Å². The number of nitrogens with zero attached hydrogens (tertiary/aromatic N) is 1. The number of H-pyrrole nitrogens is 1. The van der Waals surface area contributed by atoms with Gasteiger partial charge in [-0.2, -0.15) is 0 Å². The summed E-state index contributed by atoms with van der Waals surface area (Å²) in [5, 5.41) is 0. The third kappa shape index (κ3) is 2.31. The lowest BCUT2D eigenvalue weighted by Gasteiger charge is -2.16. The minimum Gasteiger partial charge on any atom is -0.311 e. The Morgan fingerprint density at radius 1 is 1.62 bits per heavy atom. The lowest BCUT2D eigenvalue weighted by molar-refractivity contribution is 0.307. The van der Waals surface area contributed by atoms with Crippen LogP contribution in [-0.4, -0.2) is 16.6 Å². The monoisotopic (exact) mass is 224 g/mol. The average molecular weight is 224 g/mol. The second-order valence-corrected chi connectivity index (χ2v) is 4.99. The van der Waals surface area contributed by atoms with Gasteiger partial charge in [-0.15, -0.1) is 0 Å². The Labute approximate surface area is 94.1 Å². The first-order valence-corrected chi connectivity index (χ1v) is 5.68. The topological polar surface area (TPSA) is 45.8 Å². The molecule has 1 aliphatic carbocycles. The van der Waals surface area contributed by atoms with Crippen LogP contribution in [0.15, 0.2) is 10.9 Å². The average Bonchev–Trinajstić information content (AvgIpc) is 2.97. The maximum Gasteiger partial charge on any atom is 0.251 e. The smallest absolute Gasteiger partial charge is 0.251 e. The Balaban J connectivity index is 2.14. The molecule has 4 heteroatoms. The highest BCUT2D eigenvalue weighted by Gasteiger charge is 2.43. The normalized spacial score (nSPS) is 19.4. The zero-order valence-electron chi connectivity index (χ0n) is 9.72. The zero-order chi connectivity index (χ0) is 11.8. The summed E-state index contributed by atoms with van der Waals surface area (Å²) >= 11 is 0. The molecule has 1 aromatic heterocycles.